The van der Waals surface area contributed by atoms with Gasteiger partial charge in [0.1, 0.15) is 11.3 Å². The summed E-state index contributed by atoms with van der Waals surface area (Å²) in [7, 11) is 0. The van der Waals surface area contributed by atoms with Crippen molar-refractivity contribution in [1.29, 1.82) is 0 Å². The van der Waals surface area contributed by atoms with Crippen molar-refractivity contribution in [1.82, 2.24) is 4.90 Å². The number of carbonyl (C=O) groups excluding carboxylic acids is 1. The van der Waals surface area contributed by atoms with E-state index in [2.05, 4.69) is 5.32 Å². The minimum Gasteiger partial charge on any atom is -0.507 e. The van der Waals surface area contributed by atoms with Crippen LogP contribution in [0, 0.1) is 5.92 Å². The molecule has 1 aromatic carbocycles. The first-order chi connectivity index (χ1) is 10.0. The van der Waals surface area contributed by atoms with Crippen LogP contribution in [-0.4, -0.2) is 51.9 Å². The highest BCUT2D eigenvalue weighted by atomic mass is 16.4. The van der Waals surface area contributed by atoms with Crippen molar-refractivity contribution in [3.05, 3.63) is 23.8 Å². The second-order valence-electron chi connectivity index (χ2n) is 5.10. The summed E-state index contributed by atoms with van der Waals surface area (Å²) in [5.74, 6) is -1.53. The molecule has 1 fully saturated rings. The Kier molecular flexibility index (Phi) is 4.64. The lowest BCUT2D eigenvalue weighted by Gasteiger charge is -2.31. The average Bonchev–Trinajstić information content (AvgIpc) is 2.49. The number of urea groups is 1. The van der Waals surface area contributed by atoms with Gasteiger partial charge in [-0.2, -0.15) is 0 Å². The Bertz CT molecular complexity index is 546. The number of aliphatic hydroxyl groups excluding tert-OH is 1. The molecule has 7 nitrogen and oxygen atoms in total. The summed E-state index contributed by atoms with van der Waals surface area (Å²) < 4.78 is 0. The van der Waals surface area contributed by atoms with Crippen LogP contribution in [0.2, 0.25) is 0 Å². The predicted molar refractivity (Wildman–Crippen MR) is 75.5 cm³/mol. The number of aliphatic hydroxyl groups is 1. The number of anilines is 1. The maximum Gasteiger partial charge on any atom is 0.339 e. The number of likely N-dealkylation sites (tertiary alicyclic amines) is 1. The first-order valence-corrected chi connectivity index (χ1v) is 6.74. The summed E-state index contributed by atoms with van der Waals surface area (Å²) in [6.07, 6.45) is 1.72. The van der Waals surface area contributed by atoms with Crippen molar-refractivity contribution < 1.29 is 24.9 Å². The lowest BCUT2D eigenvalue weighted by Crippen LogP contribution is -2.43. The van der Waals surface area contributed by atoms with E-state index in [1.54, 1.807) is 4.90 Å². The van der Waals surface area contributed by atoms with E-state index in [9.17, 15) is 14.7 Å². The molecular formula is C14H18N2O5. The summed E-state index contributed by atoms with van der Waals surface area (Å²) in [6.45, 7) is 1.13. The highest BCUT2D eigenvalue weighted by Gasteiger charge is 2.23. The molecule has 1 atom stereocenters. The topological polar surface area (TPSA) is 110 Å². The number of nitrogens with zero attached hydrogens (tertiary/aromatic N) is 1. The molecule has 1 heterocycles. The van der Waals surface area contributed by atoms with Gasteiger partial charge in [0.2, 0.25) is 0 Å². The number of hydrogen-bond acceptors (Lipinski definition) is 4. The molecule has 2 rings (SSSR count). The first kappa shape index (κ1) is 15.1. The van der Waals surface area contributed by atoms with Crippen LogP contribution in [0.25, 0.3) is 0 Å². The molecule has 114 valence electrons. The minimum absolute atomic E-state index is 0.0478. The molecule has 1 aromatic rings. The maximum atomic E-state index is 12.1. The third-order valence-corrected chi connectivity index (χ3v) is 3.54. The van der Waals surface area contributed by atoms with Crippen LogP contribution < -0.4 is 5.32 Å². The van der Waals surface area contributed by atoms with Crippen LogP contribution in [0.15, 0.2) is 18.2 Å². The van der Waals surface area contributed by atoms with Crippen LogP contribution in [-0.2, 0) is 0 Å². The standard InChI is InChI=1S/C14H18N2O5/c17-8-9-2-1-5-16(7-9)14(21)15-10-3-4-12(18)11(6-10)13(19)20/h3-4,6,9,17-18H,1-2,5,7-8H2,(H,15,21)(H,19,20). The number of amides is 2. The normalized spacial score (nSPS) is 18.3. The van der Waals surface area contributed by atoms with Gasteiger partial charge in [-0.15, -0.1) is 0 Å². The van der Waals surface area contributed by atoms with E-state index in [0.29, 0.717) is 18.8 Å². The summed E-state index contributed by atoms with van der Waals surface area (Å²) in [6, 6.07) is 3.54. The van der Waals surface area contributed by atoms with E-state index in [1.165, 1.54) is 18.2 Å². The van der Waals surface area contributed by atoms with Gasteiger partial charge in [-0.05, 0) is 37.0 Å². The number of benzene rings is 1. The van der Waals surface area contributed by atoms with Gasteiger partial charge >= 0.3 is 12.0 Å². The van der Waals surface area contributed by atoms with Crippen molar-refractivity contribution in [2.45, 2.75) is 12.8 Å². The molecule has 0 saturated carbocycles. The van der Waals surface area contributed by atoms with E-state index in [1.807, 2.05) is 0 Å². The molecule has 2 amide bonds. The highest BCUT2D eigenvalue weighted by Crippen LogP contribution is 2.22. The minimum atomic E-state index is -1.26. The third kappa shape index (κ3) is 3.63. The average molecular weight is 294 g/mol. The van der Waals surface area contributed by atoms with Gasteiger partial charge in [0.15, 0.2) is 0 Å². The fraction of sp³-hybridized carbons (Fsp3) is 0.429. The van der Waals surface area contributed by atoms with Crippen molar-refractivity contribution in [3.63, 3.8) is 0 Å². The fourth-order valence-electron chi connectivity index (χ4n) is 2.39. The number of carboxylic acids is 1. The van der Waals surface area contributed by atoms with Gasteiger partial charge in [0, 0.05) is 25.4 Å². The van der Waals surface area contributed by atoms with Gasteiger partial charge in [-0.25, -0.2) is 9.59 Å². The highest BCUT2D eigenvalue weighted by molar-refractivity contribution is 5.95. The predicted octanol–water partition coefficient (Wildman–Crippen LogP) is 1.33. The number of nitrogens with one attached hydrogen (secondary N) is 1. The van der Waals surface area contributed by atoms with E-state index in [-0.39, 0.29) is 29.9 Å². The summed E-state index contributed by atoms with van der Waals surface area (Å²) in [4.78, 5) is 24.6. The molecule has 1 aliphatic rings. The molecule has 0 aliphatic carbocycles. The van der Waals surface area contributed by atoms with Gasteiger partial charge < -0.3 is 25.5 Å². The molecule has 21 heavy (non-hydrogen) atoms. The zero-order chi connectivity index (χ0) is 15.4. The number of piperidine rings is 1. The van der Waals surface area contributed by atoms with E-state index in [0.717, 1.165) is 12.8 Å². The fourth-order valence-corrected chi connectivity index (χ4v) is 2.39. The second kappa shape index (κ2) is 6.45. The molecule has 7 heteroatoms. The van der Waals surface area contributed by atoms with E-state index >= 15 is 0 Å². The smallest absolute Gasteiger partial charge is 0.339 e. The van der Waals surface area contributed by atoms with Crippen LogP contribution >= 0.6 is 0 Å². The largest absolute Gasteiger partial charge is 0.507 e. The van der Waals surface area contributed by atoms with Gasteiger partial charge in [-0.1, -0.05) is 0 Å². The summed E-state index contributed by atoms with van der Waals surface area (Å²) in [5, 5.41) is 30.1. The quantitative estimate of drug-likeness (QED) is 0.629. The van der Waals surface area contributed by atoms with Crippen molar-refractivity contribution in [3.8, 4) is 5.75 Å². The van der Waals surface area contributed by atoms with Gasteiger partial charge in [0.25, 0.3) is 0 Å². The number of phenols is 1. The van der Waals surface area contributed by atoms with Crippen molar-refractivity contribution in [2.75, 3.05) is 25.0 Å². The molecular weight excluding hydrogens is 276 g/mol. The Labute approximate surface area is 121 Å². The third-order valence-electron chi connectivity index (χ3n) is 3.54. The number of carbonyl (C=O) groups is 2. The number of rotatable bonds is 3. The first-order valence-electron chi connectivity index (χ1n) is 6.74. The molecule has 1 unspecified atom stereocenters. The Morgan fingerprint density at radius 2 is 2.14 bits per heavy atom. The lowest BCUT2D eigenvalue weighted by molar-refractivity contribution is 0.0693. The summed E-state index contributed by atoms with van der Waals surface area (Å²) >= 11 is 0. The number of aromatic carboxylic acids is 1. The van der Waals surface area contributed by atoms with Crippen LogP contribution in [0.5, 0.6) is 5.75 Å². The Morgan fingerprint density at radius 3 is 2.81 bits per heavy atom. The lowest BCUT2D eigenvalue weighted by atomic mass is 9.99. The molecule has 0 radical (unpaired) electrons. The Morgan fingerprint density at radius 1 is 1.38 bits per heavy atom. The molecule has 0 spiro atoms. The Hall–Kier alpha value is -2.28. The number of hydrogen-bond donors (Lipinski definition) is 4. The van der Waals surface area contributed by atoms with Crippen LogP contribution in [0.4, 0.5) is 10.5 Å². The van der Waals surface area contributed by atoms with Gasteiger partial charge in [0.05, 0.1) is 0 Å². The van der Waals surface area contributed by atoms with E-state index in [4.69, 9.17) is 10.2 Å². The van der Waals surface area contributed by atoms with Crippen molar-refractivity contribution in [2.24, 2.45) is 5.92 Å². The second-order valence-corrected chi connectivity index (χ2v) is 5.10. The number of carboxylic acid groups (broad SMARTS) is 1. The molecule has 0 bridgehead atoms. The zero-order valence-electron chi connectivity index (χ0n) is 11.5. The zero-order valence-corrected chi connectivity index (χ0v) is 11.5. The maximum absolute atomic E-state index is 12.1. The van der Waals surface area contributed by atoms with Crippen molar-refractivity contribution >= 4 is 17.7 Å². The molecule has 1 saturated heterocycles. The SMILES string of the molecule is O=C(O)c1cc(NC(=O)N2CCCC(CO)C2)ccc1O. The molecule has 0 aromatic heterocycles. The van der Waals surface area contributed by atoms with E-state index < -0.39 is 5.97 Å². The van der Waals surface area contributed by atoms with Gasteiger partial charge in [-0.3, -0.25) is 0 Å². The number of aromatic hydroxyl groups is 1. The molecule has 1 aliphatic heterocycles. The molecule has 4 N–H and O–H groups in total. The monoisotopic (exact) mass is 294 g/mol. The van der Waals surface area contributed by atoms with Crippen LogP contribution in [0.1, 0.15) is 23.2 Å². The Balaban J connectivity index is 2.05. The van der Waals surface area contributed by atoms with Crippen LogP contribution in [0.3, 0.4) is 0 Å². The summed E-state index contributed by atoms with van der Waals surface area (Å²) in [5.41, 5.74) is 0.0426.